The van der Waals surface area contributed by atoms with E-state index < -0.39 is 0 Å². The first-order chi connectivity index (χ1) is 15.7. The van der Waals surface area contributed by atoms with Crippen LogP contribution >= 0.6 is 0 Å². The lowest BCUT2D eigenvalue weighted by atomic mass is 9.82. The van der Waals surface area contributed by atoms with Crippen LogP contribution in [0.4, 0.5) is 0 Å². The fourth-order valence-corrected chi connectivity index (χ4v) is 4.38. The summed E-state index contributed by atoms with van der Waals surface area (Å²) in [6.07, 6.45) is 4.80. The third-order valence-corrected chi connectivity index (χ3v) is 7.04. The summed E-state index contributed by atoms with van der Waals surface area (Å²) in [5.41, 5.74) is 5.38. The Morgan fingerprint density at radius 3 is 1.53 bits per heavy atom. The molecule has 0 N–H and O–H groups in total. The van der Waals surface area contributed by atoms with Gasteiger partial charge in [-0.2, -0.15) is 0 Å². The van der Waals surface area contributed by atoms with Crippen LogP contribution in [0.15, 0.2) is 48.5 Å². The van der Waals surface area contributed by atoms with Gasteiger partial charge >= 0.3 is 0 Å². The Kier molecular flexibility index (Phi) is 8.01. The van der Waals surface area contributed by atoms with Crippen LogP contribution in [0.25, 0.3) is 11.1 Å². The molecule has 0 amide bonds. The molecule has 2 aliphatic heterocycles. The van der Waals surface area contributed by atoms with E-state index in [1.54, 1.807) is 0 Å². The molecule has 2 aliphatic rings. The lowest BCUT2D eigenvalue weighted by Crippen LogP contribution is -2.46. The van der Waals surface area contributed by atoms with Crippen LogP contribution in [0, 0.1) is 10.8 Å². The Labute approximate surface area is 193 Å². The highest BCUT2D eigenvalue weighted by atomic mass is 16.5. The van der Waals surface area contributed by atoms with Crippen LogP contribution in [0.5, 0.6) is 0 Å². The van der Waals surface area contributed by atoms with Gasteiger partial charge < -0.3 is 18.9 Å². The maximum atomic E-state index is 6.07. The lowest BCUT2D eigenvalue weighted by Gasteiger charge is -2.41. The minimum absolute atomic E-state index is 0.243. The van der Waals surface area contributed by atoms with E-state index in [0.717, 1.165) is 46.1 Å². The van der Waals surface area contributed by atoms with Crippen LogP contribution in [-0.2, 0) is 32.2 Å². The van der Waals surface area contributed by atoms with Crippen molar-refractivity contribution in [2.75, 3.05) is 39.6 Å². The van der Waals surface area contributed by atoms with Crippen molar-refractivity contribution in [3.8, 4) is 11.1 Å². The van der Waals surface area contributed by atoms with Crippen molar-refractivity contribution < 1.29 is 18.9 Å². The van der Waals surface area contributed by atoms with Gasteiger partial charge in [-0.25, -0.2) is 0 Å². The highest BCUT2D eigenvalue weighted by molar-refractivity contribution is 5.63. The molecule has 0 unspecified atom stereocenters. The van der Waals surface area contributed by atoms with Crippen LogP contribution in [0.3, 0.4) is 0 Å². The van der Waals surface area contributed by atoms with Gasteiger partial charge in [-0.05, 0) is 35.1 Å². The van der Waals surface area contributed by atoms with Gasteiger partial charge in [-0.3, -0.25) is 0 Å². The largest absolute Gasteiger partial charge is 0.380 e. The third-order valence-electron chi connectivity index (χ3n) is 7.04. The highest BCUT2D eigenvalue weighted by Crippen LogP contribution is 2.34. The molecule has 0 aromatic heterocycles. The van der Waals surface area contributed by atoms with E-state index in [2.05, 4.69) is 62.4 Å². The number of rotatable bonds is 13. The minimum Gasteiger partial charge on any atom is -0.380 e. The van der Waals surface area contributed by atoms with Gasteiger partial charge in [0.2, 0.25) is 0 Å². The number of benzene rings is 2. The summed E-state index contributed by atoms with van der Waals surface area (Å²) in [7, 11) is 0. The average Bonchev–Trinajstić information content (AvgIpc) is 2.78. The molecule has 0 bridgehead atoms. The molecule has 4 rings (SSSR count). The van der Waals surface area contributed by atoms with E-state index in [0.29, 0.717) is 13.2 Å². The van der Waals surface area contributed by atoms with E-state index in [-0.39, 0.29) is 10.8 Å². The van der Waals surface area contributed by atoms with Crippen molar-refractivity contribution in [2.45, 2.75) is 52.7 Å². The van der Waals surface area contributed by atoms with Crippen LogP contribution in [0.2, 0.25) is 0 Å². The second-order valence-electron chi connectivity index (χ2n) is 9.82. The fraction of sp³-hybridized carbons (Fsp3) is 0.571. The van der Waals surface area contributed by atoms with Gasteiger partial charge in [0, 0.05) is 10.8 Å². The van der Waals surface area contributed by atoms with E-state index >= 15 is 0 Å². The van der Waals surface area contributed by atoms with Crippen LogP contribution in [-0.4, -0.2) is 39.6 Å². The summed E-state index contributed by atoms with van der Waals surface area (Å²) >= 11 is 0. The predicted molar refractivity (Wildman–Crippen MR) is 128 cm³/mol. The highest BCUT2D eigenvalue weighted by Gasteiger charge is 2.38. The summed E-state index contributed by atoms with van der Waals surface area (Å²) in [4.78, 5) is 0. The lowest BCUT2D eigenvalue weighted by molar-refractivity contribution is -0.155. The maximum absolute atomic E-state index is 6.07. The van der Waals surface area contributed by atoms with Crippen molar-refractivity contribution in [1.82, 2.24) is 0 Å². The zero-order chi connectivity index (χ0) is 22.3. The number of hydrogen-bond donors (Lipinski definition) is 0. The molecule has 4 nitrogen and oxygen atoms in total. The van der Waals surface area contributed by atoms with Gasteiger partial charge in [0.05, 0.1) is 52.9 Å². The maximum Gasteiger partial charge on any atom is 0.0717 e. The zero-order valence-corrected chi connectivity index (χ0v) is 19.7. The first-order valence-corrected chi connectivity index (χ1v) is 12.2. The monoisotopic (exact) mass is 438 g/mol. The first-order valence-electron chi connectivity index (χ1n) is 12.2. The number of hydrogen-bond acceptors (Lipinski definition) is 4. The zero-order valence-electron chi connectivity index (χ0n) is 19.7. The molecule has 2 fully saturated rings. The first kappa shape index (κ1) is 23.4. The smallest absolute Gasteiger partial charge is 0.0717 e. The van der Waals surface area contributed by atoms with Crippen molar-refractivity contribution >= 4 is 0 Å². The van der Waals surface area contributed by atoms with Gasteiger partial charge in [0.1, 0.15) is 0 Å². The predicted octanol–water partition coefficient (Wildman–Crippen LogP) is 6.02. The molecule has 4 heteroatoms. The Hall–Kier alpha value is -1.72. The average molecular weight is 439 g/mol. The molecule has 0 saturated carbocycles. The van der Waals surface area contributed by atoms with Crippen molar-refractivity contribution in [3.05, 3.63) is 59.7 Å². The van der Waals surface area contributed by atoms with Crippen molar-refractivity contribution in [3.63, 3.8) is 0 Å². The SMILES string of the molecule is CCCCC1(COCc2ccc(-c3ccc(COCC4(CC)COC4)cc3)cc2)COC1. The second kappa shape index (κ2) is 10.9. The molecule has 2 aromatic carbocycles. The molecule has 0 radical (unpaired) electrons. The standard InChI is InChI=1S/C28H38O4/c1-3-5-14-28(21-32-22-28)20-30-16-24-8-12-26(13-9-24)25-10-6-23(7-11-25)15-29-17-27(4-2)18-31-19-27/h6-13H,3-5,14-22H2,1-2H3. The van der Waals surface area contributed by atoms with E-state index in [1.807, 2.05) is 0 Å². The minimum atomic E-state index is 0.243. The quantitative estimate of drug-likeness (QED) is 0.383. The van der Waals surface area contributed by atoms with E-state index in [1.165, 1.54) is 41.5 Å². The third kappa shape index (κ3) is 5.79. The van der Waals surface area contributed by atoms with Gasteiger partial charge in [-0.15, -0.1) is 0 Å². The van der Waals surface area contributed by atoms with Gasteiger partial charge in [-0.1, -0.05) is 75.2 Å². The molecule has 2 aromatic rings. The van der Waals surface area contributed by atoms with Crippen molar-refractivity contribution in [2.24, 2.45) is 10.8 Å². The summed E-state index contributed by atoms with van der Waals surface area (Å²) < 4.78 is 22.9. The number of ether oxygens (including phenoxy) is 4. The summed E-state index contributed by atoms with van der Waals surface area (Å²) in [5, 5.41) is 0. The second-order valence-corrected chi connectivity index (χ2v) is 9.82. The van der Waals surface area contributed by atoms with Crippen molar-refractivity contribution in [1.29, 1.82) is 0 Å². The summed E-state index contributed by atoms with van der Waals surface area (Å²) in [6, 6.07) is 17.4. The molecule has 174 valence electrons. The molecule has 0 atom stereocenters. The van der Waals surface area contributed by atoms with E-state index in [9.17, 15) is 0 Å². The number of unbranched alkanes of at least 4 members (excludes halogenated alkanes) is 1. The molecular formula is C28H38O4. The molecule has 2 saturated heterocycles. The Balaban J connectivity index is 1.23. The Morgan fingerprint density at radius 1 is 0.688 bits per heavy atom. The van der Waals surface area contributed by atoms with Crippen LogP contribution in [0.1, 0.15) is 50.7 Å². The summed E-state index contributed by atoms with van der Waals surface area (Å²) in [6.45, 7) is 10.7. The molecular weight excluding hydrogens is 400 g/mol. The topological polar surface area (TPSA) is 36.9 Å². The fourth-order valence-electron chi connectivity index (χ4n) is 4.38. The molecule has 0 spiro atoms. The Bertz CT molecular complexity index is 814. The van der Waals surface area contributed by atoms with Gasteiger partial charge in [0.25, 0.3) is 0 Å². The Morgan fingerprint density at radius 2 is 1.16 bits per heavy atom. The summed E-state index contributed by atoms with van der Waals surface area (Å²) in [5.74, 6) is 0. The molecule has 2 heterocycles. The van der Waals surface area contributed by atoms with E-state index in [4.69, 9.17) is 18.9 Å². The van der Waals surface area contributed by atoms with Gasteiger partial charge in [0.15, 0.2) is 0 Å². The molecule has 0 aliphatic carbocycles. The molecule has 32 heavy (non-hydrogen) atoms. The van der Waals surface area contributed by atoms with Crippen LogP contribution < -0.4 is 0 Å². The normalized spacial score (nSPS) is 18.7.